The predicted octanol–water partition coefficient (Wildman–Crippen LogP) is 5.90. The van der Waals surface area contributed by atoms with Crippen LogP contribution < -0.4 is 0 Å². The van der Waals surface area contributed by atoms with Crippen molar-refractivity contribution in [3.63, 3.8) is 0 Å². The number of hydrogen-bond acceptors (Lipinski definition) is 3. The third-order valence-electron chi connectivity index (χ3n) is 3.63. The minimum Gasteiger partial charge on any atom is -0.352 e. The minimum atomic E-state index is -5.78. The SMILES string of the molecule is CCOC(OC)c1ccc(-c2cc(F)c(C(F)(F)OC(F)(F)F)c(F)c2)cc1. The Hall–Kier alpha value is -2.17. The quantitative estimate of drug-likeness (QED) is 0.419. The first-order chi connectivity index (χ1) is 13.0. The van der Waals surface area contributed by atoms with Crippen LogP contribution >= 0.6 is 0 Å². The summed E-state index contributed by atoms with van der Waals surface area (Å²) in [5.74, 6) is -3.75. The lowest BCUT2D eigenvalue weighted by Crippen LogP contribution is -2.29. The third kappa shape index (κ3) is 5.21. The van der Waals surface area contributed by atoms with Gasteiger partial charge in [0.05, 0.1) is 0 Å². The molecule has 3 nitrogen and oxygen atoms in total. The smallest absolute Gasteiger partial charge is 0.352 e. The van der Waals surface area contributed by atoms with E-state index in [1.54, 1.807) is 6.92 Å². The van der Waals surface area contributed by atoms with Crippen LogP contribution in [0.25, 0.3) is 11.1 Å². The summed E-state index contributed by atoms with van der Waals surface area (Å²) in [6, 6.07) is 6.92. The van der Waals surface area contributed by atoms with E-state index in [2.05, 4.69) is 4.74 Å². The monoisotopic (exact) mass is 412 g/mol. The number of benzene rings is 2. The molecule has 2 rings (SSSR count). The van der Waals surface area contributed by atoms with Gasteiger partial charge in [-0.3, -0.25) is 0 Å². The standard InChI is InChI=1S/C18H15F7O3/c1-3-27-16(26-2)11-6-4-10(5-7-11)12-8-13(19)15(14(20)9-12)17(21,22)28-18(23,24)25/h4-9,16H,3H2,1-2H3. The molecule has 0 amide bonds. The number of hydrogen-bond donors (Lipinski definition) is 0. The van der Waals surface area contributed by atoms with Crippen molar-refractivity contribution in [3.05, 3.63) is 59.2 Å². The molecule has 0 aliphatic carbocycles. The van der Waals surface area contributed by atoms with Crippen molar-refractivity contribution in [1.82, 2.24) is 0 Å². The minimum absolute atomic E-state index is 0.154. The zero-order valence-electron chi connectivity index (χ0n) is 14.6. The van der Waals surface area contributed by atoms with Crippen LogP contribution in [0, 0.1) is 11.6 Å². The van der Waals surface area contributed by atoms with E-state index in [0.29, 0.717) is 24.3 Å². The maximum atomic E-state index is 14.0. The highest BCUT2D eigenvalue weighted by Gasteiger charge is 2.49. The Morgan fingerprint density at radius 2 is 1.43 bits per heavy atom. The first-order valence-electron chi connectivity index (χ1n) is 7.87. The van der Waals surface area contributed by atoms with Crippen molar-refractivity contribution in [2.24, 2.45) is 0 Å². The molecule has 2 aromatic rings. The Balaban J connectivity index is 2.36. The highest BCUT2D eigenvalue weighted by Crippen LogP contribution is 2.40. The average Bonchev–Trinajstić information content (AvgIpc) is 2.56. The Kier molecular flexibility index (Phi) is 6.68. The molecule has 28 heavy (non-hydrogen) atoms. The molecule has 2 aromatic carbocycles. The van der Waals surface area contributed by atoms with Gasteiger partial charge in [0, 0.05) is 19.3 Å². The number of alkyl halides is 5. The van der Waals surface area contributed by atoms with Crippen molar-refractivity contribution < 1.29 is 44.9 Å². The Bertz CT molecular complexity index is 781. The fourth-order valence-electron chi connectivity index (χ4n) is 2.50. The van der Waals surface area contributed by atoms with Gasteiger partial charge in [-0.15, -0.1) is 13.2 Å². The predicted molar refractivity (Wildman–Crippen MR) is 84.2 cm³/mol. The molecule has 1 unspecified atom stereocenters. The molecule has 0 aromatic heterocycles. The first-order valence-corrected chi connectivity index (χ1v) is 7.87. The summed E-state index contributed by atoms with van der Waals surface area (Å²) in [5.41, 5.74) is -1.45. The van der Waals surface area contributed by atoms with Crippen molar-refractivity contribution >= 4 is 0 Å². The van der Waals surface area contributed by atoms with Crippen LogP contribution in [0.5, 0.6) is 0 Å². The van der Waals surface area contributed by atoms with Crippen LogP contribution in [0.1, 0.15) is 24.3 Å². The number of methoxy groups -OCH3 is 1. The zero-order chi connectivity index (χ0) is 21.1. The molecule has 0 radical (unpaired) electrons. The van der Waals surface area contributed by atoms with E-state index in [1.807, 2.05) is 0 Å². The van der Waals surface area contributed by atoms with Gasteiger partial charge >= 0.3 is 12.5 Å². The number of rotatable bonds is 7. The lowest BCUT2D eigenvalue weighted by atomic mass is 10.0. The molecule has 0 aliphatic heterocycles. The van der Waals surface area contributed by atoms with Gasteiger partial charge in [0.25, 0.3) is 0 Å². The normalized spacial score (nSPS) is 13.6. The zero-order valence-corrected chi connectivity index (χ0v) is 14.6. The fraction of sp³-hybridized carbons (Fsp3) is 0.333. The molecular weight excluding hydrogens is 397 g/mol. The van der Waals surface area contributed by atoms with Crippen LogP contribution in [0.15, 0.2) is 36.4 Å². The number of ether oxygens (including phenoxy) is 3. The highest BCUT2D eigenvalue weighted by atomic mass is 19.4. The molecule has 0 bridgehead atoms. The lowest BCUT2D eigenvalue weighted by Gasteiger charge is -2.20. The largest absolute Gasteiger partial charge is 0.527 e. The van der Waals surface area contributed by atoms with Gasteiger partial charge in [0.15, 0.2) is 6.29 Å². The summed E-state index contributed by atoms with van der Waals surface area (Å²) in [6.45, 7) is 2.12. The highest BCUT2D eigenvalue weighted by molar-refractivity contribution is 5.64. The van der Waals surface area contributed by atoms with Crippen molar-refractivity contribution in [1.29, 1.82) is 0 Å². The van der Waals surface area contributed by atoms with Gasteiger partial charge in [-0.05, 0) is 30.2 Å². The van der Waals surface area contributed by atoms with Crippen LogP contribution in [0.4, 0.5) is 30.7 Å². The van der Waals surface area contributed by atoms with Crippen LogP contribution in [0.2, 0.25) is 0 Å². The summed E-state index contributed by atoms with van der Waals surface area (Å²) in [4.78, 5) is 0. The summed E-state index contributed by atoms with van der Waals surface area (Å²) in [6.07, 6.45) is -11.7. The fourth-order valence-corrected chi connectivity index (χ4v) is 2.50. The van der Waals surface area contributed by atoms with E-state index in [4.69, 9.17) is 9.47 Å². The Morgan fingerprint density at radius 1 is 0.893 bits per heavy atom. The van der Waals surface area contributed by atoms with E-state index in [1.165, 1.54) is 31.4 Å². The van der Waals surface area contributed by atoms with Gasteiger partial charge in [-0.25, -0.2) is 13.5 Å². The molecule has 154 valence electrons. The second-order valence-electron chi connectivity index (χ2n) is 5.52. The van der Waals surface area contributed by atoms with E-state index >= 15 is 0 Å². The molecule has 10 heteroatoms. The van der Waals surface area contributed by atoms with Crippen molar-refractivity contribution in [2.45, 2.75) is 25.7 Å². The van der Waals surface area contributed by atoms with Crippen LogP contribution in [-0.4, -0.2) is 20.1 Å². The van der Waals surface area contributed by atoms with Gasteiger partial charge in [-0.1, -0.05) is 24.3 Å². The topological polar surface area (TPSA) is 27.7 Å². The molecule has 1 atom stereocenters. The molecular formula is C18H15F7O3. The van der Waals surface area contributed by atoms with E-state index < -0.39 is 36.0 Å². The molecule has 0 fully saturated rings. The maximum Gasteiger partial charge on any atom is 0.527 e. The summed E-state index contributed by atoms with van der Waals surface area (Å²) >= 11 is 0. The third-order valence-corrected chi connectivity index (χ3v) is 3.63. The van der Waals surface area contributed by atoms with Gasteiger partial charge in [-0.2, -0.15) is 8.78 Å². The van der Waals surface area contributed by atoms with Crippen LogP contribution in [-0.2, 0) is 20.3 Å². The molecule has 0 saturated heterocycles. The molecule has 0 aliphatic rings. The van der Waals surface area contributed by atoms with Gasteiger partial charge in [0.1, 0.15) is 17.2 Å². The molecule has 0 N–H and O–H groups in total. The van der Waals surface area contributed by atoms with Crippen molar-refractivity contribution in [3.8, 4) is 11.1 Å². The van der Waals surface area contributed by atoms with E-state index in [9.17, 15) is 30.7 Å². The van der Waals surface area contributed by atoms with E-state index in [0.717, 1.165) is 0 Å². The first kappa shape index (κ1) is 22.1. The van der Waals surface area contributed by atoms with E-state index in [-0.39, 0.29) is 11.1 Å². The number of halogens is 7. The maximum absolute atomic E-state index is 14.0. The van der Waals surface area contributed by atoms with Gasteiger partial charge < -0.3 is 9.47 Å². The summed E-state index contributed by atoms with van der Waals surface area (Å²) in [5, 5.41) is 0. The second-order valence-corrected chi connectivity index (χ2v) is 5.52. The van der Waals surface area contributed by atoms with Crippen LogP contribution in [0.3, 0.4) is 0 Å². The molecule has 0 saturated carbocycles. The Morgan fingerprint density at radius 3 is 1.86 bits per heavy atom. The summed E-state index contributed by atoms with van der Waals surface area (Å²) in [7, 11) is 1.42. The summed E-state index contributed by atoms with van der Waals surface area (Å²) < 4.78 is 104. The Labute approximate surface area is 155 Å². The van der Waals surface area contributed by atoms with Gasteiger partial charge in [0.2, 0.25) is 0 Å². The lowest BCUT2D eigenvalue weighted by molar-refractivity contribution is -0.432. The molecule has 0 heterocycles. The van der Waals surface area contributed by atoms with Crippen molar-refractivity contribution in [2.75, 3.05) is 13.7 Å². The second kappa shape index (κ2) is 8.46. The molecule has 0 spiro atoms. The average molecular weight is 412 g/mol.